The Morgan fingerprint density at radius 2 is 1.30 bits per heavy atom. The second kappa shape index (κ2) is 16.9. The van der Waals surface area contributed by atoms with Crippen LogP contribution in [0.1, 0.15) is 65.0 Å². The monoisotopic (exact) mass is 596 g/mol. The van der Waals surface area contributed by atoms with Gasteiger partial charge < -0.3 is 31.2 Å². The van der Waals surface area contributed by atoms with E-state index in [0.29, 0.717) is 0 Å². The normalized spacial score (nSPS) is 13.3. The molecule has 0 aromatic heterocycles. The van der Waals surface area contributed by atoms with Gasteiger partial charge in [0.25, 0.3) is 0 Å². The van der Waals surface area contributed by atoms with Gasteiger partial charge in [-0.15, -0.1) is 0 Å². The van der Waals surface area contributed by atoms with Gasteiger partial charge in [-0.1, -0.05) is 74.5 Å². The number of rotatable bonds is 15. The molecule has 11 heteroatoms. The molecule has 0 aliphatic rings. The number of amides is 4. The summed E-state index contributed by atoms with van der Waals surface area (Å²) in [6.45, 7) is 8.81. The Bertz CT molecular complexity index is 1210. The van der Waals surface area contributed by atoms with E-state index >= 15 is 0 Å². The molecule has 5 N–H and O–H groups in total. The number of carbonyl (C=O) groups excluding carboxylic acids is 5. The second-order valence-corrected chi connectivity index (χ2v) is 11.7. The highest BCUT2D eigenvalue weighted by Gasteiger charge is 2.31. The van der Waals surface area contributed by atoms with Crippen LogP contribution in [0.3, 0.4) is 0 Å². The van der Waals surface area contributed by atoms with Crippen molar-refractivity contribution in [3.05, 3.63) is 71.8 Å². The van der Waals surface area contributed by atoms with E-state index < -0.39 is 53.5 Å². The van der Waals surface area contributed by atoms with Gasteiger partial charge in [0.1, 0.15) is 30.3 Å². The van der Waals surface area contributed by atoms with Gasteiger partial charge >= 0.3 is 12.1 Å². The van der Waals surface area contributed by atoms with E-state index in [1.807, 2.05) is 74.5 Å². The Hall–Kier alpha value is -4.41. The van der Waals surface area contributed by atoms with E-state index in [4.69, 9.17) is 15.2 Å². The third-order valence-electron chi connectivity index (χ3n) is 6.13. The lowest BCUT2D eigenvalue weighted by molar-refractivity contribution is -0.149. The first-order valence-electron chi connectivity index (χ1n) is 14.4. The molecule has 2 rings (SSSR count). The minimum absolute atomic E-state index is 0.0171. The first-order chi connectivity index (χ1) is 20.2. The van der Waals surface area contributed by atoms with Crippen molar-refractivity contribution >= 4 is 29.8 Å². The molecule has 2 aromatic carbocycles. The number of ether oxygens (including phenoxy) is 2. The number of carbonyl (C=O) groups is 5. The summed E-state index contributed by atoms with van der Waals surface area (Å²) in [4.78, 5) is 63.9. The fourth-order valence-corrected chi connectivity index (χ4v) is 4.13. The van der Waals surface area contributed by atoms with Crippen molar-refractivity contribution in [3.63, 3.8) is 0 Å². The van der Waals surface area contributed by atoms with Crippen LogP contribution in [0.5, 0.6) is 0 Å². The van der Waals surface area contributed by atoms with E-state index in [9.17, 15) is 24.0 Å². The minimum Gasteiger partial charge on any atom is -0.459 e. The van der Waals surface area contributed by atoms with Crippen molar-refractivity contribution in [1.29, 1.82) is 0 Å². The van der Waals surface area contributed by atoms with Crippen LogP contribution in [0, 0.1) is 5.92 Å². The zero-order valence-corrected chi connectivity index (χ0v) is 25.6. The molecule has 4 amide bonds. The van der Waals surface area contributed by atoms with E-state index in [1.54, 1.807) is 20.8 Å². The Morgan fingerprint density at radius 1 is 0.767 bits per heavy atom. The minimum atomic E-state index is -1.19. The number of nitrogens with one attached hydrogen (secondary N) is 3. The molecule has 11 nitrogen and oxygen atoms in total. The zero-order valence-electron chi connectivity index (χ0n) is 25.6. The zero-order chi connectivity index (χ0) is 32.0. The van der Waals surface area contributed by atoms with Crippen molar-refractivity contribution in [1.82, 2.24) is 16.0 Å². The molecule has 0 unspecified atom stereocenters. The highest BCUT2D eigenvalue weighted by molar-refractivity contribution is 5.93. The number of hydrogen-bond acceptors (Lipinski definition) is 7. The van der Waals surface area contributed by atoms with Gasteiger partial charge in [0, 0.05) is 12.8 Å². The van der Waals surface area contributed by atoms with E-state index in [2.05, 4.69) is 16.0 Å². The van der Waals surface area contributed by atoms with E-state index in [-0.39, 0.29) is 38.2 Å². The molecule has 0 saturated heterocycles. The molecule has 3 atom stereocenters. The van der Waals surface area contributed by atoms with Gasteiger partial charge in [-0.25, -0.2) is 9.59 Å². The third kappa shape index (κ3) is 13.9. The molecule has 234 valence electrons. The first-order valence-corrected chi connectivity index (χ1v) is 14.4. The lowest BCUT2D eigenvalue weighted by Gasteiger charge is -2.27. The van der Waals surface area contributed by atoms with Crippen LogP contribution < -0.4 is 21.7 Å². The maximum Gasteiger partial charge on any atom is 0.408 e. The molecule has 0 aliphatic carbocycles. The van der Waals surface area contributed by atoms with Gasteiger partial charge in [0.2, 0.25) is 17.7 Å². The highest BCUT2D eigenvalue weighted by atomic mass is 16.6. The molecule has 0 aliphatic heterocycles. The lowest BCUT2D eigenvalue weighted by atomic mass is 10.0. The Morgan fingerprint density at radius 3 is 1.84 bits per heavy atom. The Kier molecular flexibility index (Phi) is 13.7. The fraction of sp³-hybridized carbons (Fsp3) is 0.469. The SMILES string of the molecule is CC(C)C[C@@H](NC(=O)[C@H](CCC(N)=O)NC(=O)OC(C)(C)C)C(=O)N[C@@H](Cc1ccccc1)C(=O)OCc1ccccc1. The van der Waals surface area contributed by atoms with Crippen LogP contribution in [-0.2, 0) is 41.7 Å². The molecule has 0 heterocycles. The summed E-state index contributed by atoms with van der Waals surface area (Å²) in [7, 11) is 0. The maximum absolute atomic E-state index is 13.6. The molecule has 0 saturated carbocycles. The Balaban J connectivity index is 2.22. The van der Waals surface area contributed by atoms with Crippen LogP contribution in [0.2, 0.25) is 0 Å². The van der Waals surface area contributed by atoms with Crippen molar-refractivity contribution in [2.24, 2.45) is 11.7 Å². The van der Waals surface area contributed by atoms with Crippen LogP contribution in [0.4, 0.5) is 4.79 Å². The quantitative estimate of drug-likeness (QED) is 0.229. The predicted octanol–water partition coefficient (Wildman–Crippen LogP) is 3.15. The number of esters is 1. The molecule has 0 radical (unpaired) electrons. The van der Waals surface area contributed by atoms with Crippen LogP contribution >= 0.6 is 0 Å². The van der Waals surface area contributed by atoms with Crippen LogP contribution in [0.15, 0.2) is 60.7 Å². The summed E-state index contributed by atoms with van der Waals surface area (Å²) in [5.74, 6) is -2.58. The smallest absolute Gasteiger partial charge is 0.408 e. The molecule has 2 aromatic rings. The van der Waals surface area contributed by atoms with Gasteiger partial charge in [-0.3, -0.25) is 14.4 Å². The summed E-state index contributed by atoms with van der Waals surface area (Å²) in [6, 6.07) is 15.1. The third-order valence-corrected chi connectivity index (χ3v) is 6.13. The predicted molar refractivity (Wildman–Crippen MR) is 161 cm³/mol. The lowest BCUT2D eigenvalue weighted by Crippen LogP contribution is -2.56. The van der Waals surface area contributed by atoms with Crippen molar-refractivity contribution in [2.45, 2.75) is 90.6 Å². The van der Waals surface area contributed by atoms with E-state index in [1.165, 1.54) is 0 Å². The van der Waals surface area contributed by atoms with Gasteiger partial charge in [0.05, 0.1) is 0 Å². The van der Waals surface area contributed by atoms with Gasteiger partial charge in [-0.05, 0) is 50.7 Å². The molecule has 0 spiro atoms. The summed E-state index contributed by atoms with van der Waals surface area (Å²) < 4.78 is 10.8. The number of benzene rings is 2. The number of primary amides is 1. The van der Waals surface area contributed by atoms with Crippen LogP contribution in [-0.4, -0.2) is 53.5 Å². The molecule has 43 heavy (non-hydrogen) atoms. The van der Waals surface area contributed by atoms with Crippen molar-refractivity contribution in [2.75, 3.05) is 0 Å². The highest BCUT2D eigenvalue weighted by Crippen LogP contribution is 2.12. The van der Waals surface area contributed by atoms with Crippen LogP contribution in [0.25, 0.3) is 0 Å². The second-order valence-electron chi connectivity index (χ2n) is 11.7. The number of alkyl carbamates (subject to hydrolysis) is 1. The maximum atomic E-state index is 13.6. The van der Waals surface area contributed by atoms with Gasteiger partial charge in [-0.2, -0.15) is 0 Å². The average Bonchev–Trinajstić information content (AvgIpc) is 2.93. The van der Waals surface area contributed by atoms with Crippen molar-refractivity contribution < 1.29 is 33.4 Å². The van der Waals surface area contributed by atoms with Gasteiger partial charge in [0.15, 0.2) is 0 Å². The van der Waals surface area contributed by atoms with E-state index in [0.717, 1.165) is 11.1 Å². The summed E-state index contributed by atoms with van der Waals surface area (Å²) in [5, 5.41) is 7.90. The Labute approximate surface area is 253 Å². The molecule has 0 bridgehead atoms. The average molecular weight is 597 g/mol. The summed E-state index contributed by atoms with van der Waals surface area (Å²) >= 11 is 0. The topological polar surface area (TPSA) is 166 Å². The molecular weight excluding hydrogens is 552 g/mol. The number of nitrogens with two attached hydrogens (primary N) is 1. The number of hydrogen-bond donors (Lipinski definition) is 4. The molecular formula is C32H44N4O7. The molecule has 0 fully saturated rings. The van der Waals surface area contributed by atoms with Crippen molar-refractivity contribution in [3.8, 4) is 0 Å². The standard InChI is InChI=1S/C32H44N4O7/c1-21(2)18-25(34-28(38)24(16-17-27(33)37)36-31(41)43-32(3,4)5)29(39)35-26(19-22-12-8-6-9-13-22)30(40)42-20-23-14-10-7-11-15-23/h6-15,21,24-26H,16-20H2,1-5H3,(H2,33,37)(H,34,38)(H,35,39)(H,36,41)/t24-,25+,26-/m0/s1. The largest absolute Gasteiger partial charge is 0.459 e. The first kappa shape index (κ1) is 34.8. The summed E-state index contributed by atoms with van der Waals surface area (Å²) in [5.41, 5.74) is 6.06. The fourth-order valence-electron chi connectivity index (χ4n) is 4.13. The summed E-state index contributed by atoms with van der Waals surface area (Å²) in [6.07, 6.45) is -0.723.